The summed E-state index contributed by atoms with van der Waals surface area (Å²) in [6.07, 6.45) is 3.08. The number of halogens is 1. The van der Waals surface area contributed by atoms with Crippen LogP contribution in [-0.4, -0.2) is 39.9 Å². The predicted octanol–water partition coefficient (Wildman–Crippen LogP) is 1.82. The fourth-order valence-electron chi connectivity index (χ4n) is 1.96. The lowest BCUT2D eigenvalue weighted by Crippen LogP contribution is -2.30. The number of carboxylic acids is 1. The summed E-state index contributed by atoms with van der Waals surface area (Å²) in [5.74, 6) is -1.67. The van der Waals surface area contributed by atoms with Crippen molar-refractivity contribution >= 4 is 17.7 Å². The Kier molecular flexibility index (Phi) is 5.32. The van der Waals surface area contributed by atoms with E-state index in [9.17, 15) is 19.1 Å². The summed E-state index contributed by atoms with van der Waals surface area (Å²) < 4.78 is 14.7. The molecule has 2 rings (SSSR count). The van der Waals surface area contributed by atoms with Gasteiger partial charge in [0.2, 0.25) is 0 Å². The van der Waals surface area contributed by atoms with Gasteiger partial charge < -0.3 is 25.4 Å². The molecular formula is C15H16FN3O4. The third kappa shape index (κ3) is 4.30. The number of aromatic carboxylic acids is 1. The van der Waals surface area contributed by atoms with Gasteiger partial charge >= 0.3 is 12.0 Å². The van der Waals surface area contributed by atoms with Gasteiger partial charge in [0.1, 0.15) is 11.4 Å². The van der Waals surface area contributed by atoms with Crippen molar-refractivity contribution < 1.29 is 24.2 Å². The van der Waals surface area contributed by atoms with E-state index in [2.05, 4.69) is 10.6 Å². The first kappa shape index (κ1) is 16.5. The molecule has 0 aliphatic heterocycles. The highest BCUT2D eigenvalue weighted by Gasteiger charge is 2.16. The first-order chi connectivity index (χ1) is 11.0. The second-order valence-corrected chi connectivity index (χ2v) is 4.74. The van der Waals surface area contributed by atoms with Gasteiger partial charge in [-0.25, -0.2) is 14.0 Å². The molecule has 0 radical (unpaired) electrons. The van der Waals surface area contributed by atoms with Crippen LogP contribution >= 0.6 is 0 Å². The van der Waals surface area contributed by atoms with Gasteiger partial charge in [0, 0.05) is 31.2 Å². The molecule has 0 saturated carbocycles. The maximum Gasteiger partial charge on any atom is 0.339 e. The number of amides is 2. The molecular weight excluding hydrogens is 305 g/mol. The number of aromatic nitrogens is 1. The number of hydrogen-bond donors (Lipinski definition) is 4. The molecule has 2 amide bonds. The average Bonchev–Trinajstić information content (AvgIpc) is 2.91. The number of hydrogen-bond acceptors (Lipinski definition) is 3. The highest BCUT2D eigenvalue weighted by Crippen LogP contribution is 2.21. The van der Waals surface area contributed by atoms with Crippen LogP contribution in [0.2, 0.25) is 0 Å². The number of nitrogens with zero attached hydrogens (tertiary/aromatic N) is 1. The summed E-state index contributed by atoms with van der Waals surface area (Å²) in [7, 11) is 0. The zero-order valence-electron chi connectivity index (χ0n) is 12.1. The minimum Gasteiger partial charge on any atom is -0.478 e. The van der Waals surface area contributed by atoms with Gasteiger partial charge in [0.05, 0.1) is 5.69 Å². The summed E-state index contributed by atoms with van der Waals surface area (Å²) in [6.45, 7) is 0.200. The van der Waals surface area contributed by atoms with Crippen LogP contribution in [0.1, 0.15) is 16.8 Å². The third-order valence-corrected chi connectivity index (χ3v) is 3.03. The molecule has 0 aliphatic rings. The SMILES string of the molecule is O=C(NCCCO)Nc1cn(-c2cccc(F)c2)cc1C(=O)O. The van der Waals surface area contributed by atoms with Crippen LogP contribution in [0.15, 0.2) is 36.7 Å². The van der Waals surface area contributed by atoms with Crippen LogP contribution in [0, 0.1) is 5.82 Å². The second-order valence-electron chi connectivity index (χ2n) is 4.74. The monoisotopic (exact) mass is 321 g/mol. The van der Waals surface area contributed by atoms with Gasteiger partial charge in [-0.05, 0) is 24.6 Å². The van der Waals surface area contributed by atoms with Crippen LogP contribution in [0.5, 0.6) is 0 Å². The third-order valence-electron chi connectivity index (χ3n) is 3.03. The molecule has 23 heavy (non-hydrogen) atoms. The Morgan fingerprint density at radius 3 is 2.70 bits per heavy atom. The molecule has 1 heterocycles. The number of aliphatic hydroxyl groups excluding tert-OH is 1. The maximum atomic E-state index is 13.3. The molecule has 0 saturated heterocycles. The smallest absolute Gasteiger partial charge is 0.339 e. The van der Waals surface area contributed by atoms with E-state index in [1.165, 1.54) is 35.2 Å². The van der Waals surface area contributed by atoms with Crippen LogP contribution in [-0.2, 0) is 0 Å². The maximum absolute atomic E-state index is 13.3. The van der Waals surface area contributed by atoms with Crippen LogP contribution < -0.4 is 10.6 Å². The van der Waals surface area contributed by atoms with Crippen LogP contribution in [0.4, 0.5) is 14.9 Å². The van der Waals surface area contributed by atoms with Gasteiger partial charge in [0.15, 0.2) is 0 Å². The fraction of sp³-hybridized carbons (Fsp3) is 0.200. The molecule has 0 unspecified atom stereocenters. The van der Waals surface area contributed by atoms with Crippen LogP contribution in [0.25, 0.3) is 5.69 Å². The van der Waals surface area contributed by atoms with Gasteiger partial charge in [-0.2, -0.15) is 0 Å². The minimum atomic E-state index is -1.22. The van der Waals surface area contributed by atoms with Crippen molar-refractivity contribution in [2.24, 2.45) is 0 Å². The van der Waals surface area contributed by atoms with E-state index in [0.717, 1.165) is 0 Å². The highest BCUT2D eigenvalue weighted by molar-refractivity contribution is 6.00. The molecule has 8 heteroatoms. The largest absolute Gasteiger partial charge is 0.478 e. The molecule has 1 aromatic carbocycles. The van der Waals surface area contributed by atoms with Crippen molar-refractivity contribution in [1.29, 1.82) is 0 Å². The Morgan fingerprint density at radius 2 is 2.04 bits per heavy atom. The molecule has 2 aromatic rings. The van der Waals surface area contributed by atoms with E-state index < -0.39 is 17.8 Å². The van der Waals surface area contributed by atoms with Crippen molar-refractivity contribution in [3.05, 3.63) is 48.0 Å². The molecule has 0 spiro atoms. The zero-order chi connectivity index (χ0) is 16.8. The molecule has 0 fully saturated rings. The number of nitrogens with one attached hydrogen (secondary N) is 2. The summed E-state index contributed by atoms with van der Waals surface area (Å²) in [4.78, 5) is 23.0. The quantitative estimate of drug-likeness (QED) is 0.609. The molecule has 122 valence electrons. The number of urea groups is 1. The molecule has 4 N–H and O–H groups in total. The topological polar surface area (TPSA) is 104 Å². The summed E-state index contributed by atoms with van der Waals surface area (Å²) in [6, 6.07) is 5.05. The lowest BCUT2D eigenvalue weighted by Gasteiger charge is -2.06. The standard InChI is InChI=1S/C15H16FN3O4/c16-10-3-1-4-11(7-10)19-8-12(14(21)22)13(9-19)18-15(23)17-5-2-6-20/h1,3-4,7-9,20H,2,5-6H2,(H,21,22)(H2,17,18,23). The molecule has 1 aromatic heterocycles. The van der Waals surface area contributed by atoms with Crippen molar-refractivity contribution in [2.75, 3.05) is 18.5 Å². The highest BCUT2D eigenvalue weighted by atomic mass is 19.1. The molecule has 0 aliphatic carbocycles. The summed E-state index contributed by atoms with van der Waals surface area (Å²) in [5.41, 5.74) is 0.399. The van der Waals surface area contributed by atoms with Gasteiger partial charge in [0.25, 0.3) is 0 Å². The normalized spacial score (nSPS) is 10.3. The number of carbonyl (C=O) groups excluding carboxylic acids is 1. The lowest BCUT2D eigenvalue weighted by molar-refractivity contribution is 0.0698. The average molecular weight is 321 g/mol. The Hall–Kier alpha value is -2.87. The molecule has 0 atom stereocenters. The van der Waals surface area contributed by atoms with Crippen molar-refractivity contribution in [1.82, 2.24) is 9.88 Å². The molecule has 0 bridgehead atoms. The lowest BCUT2D eigenvalue weighted by atomic mass is 10.3. The van der Waals surface area contributed by atoms with Gasteiger partial charge in [-0.3, -0.25) is 0 Å². The number of aliphatic hydroxyl groups is 1. The van der Waals surface area contributed by atoms with E-state index in [1.54, 1.807) is 6.07 Å². The van der Waals surface area contributed by atoms with E-state index in [-0.39, 0.29) is 24.4 Å². The van der Waals surface area contributed by atoms with Crippen LogP contribution in [0.3, 0.4) is 0 Å². The number of benzene rings is 1. The van der Waals surface area contributed by atoms with E-state index in [0.29, 0.717) is 12.1 Å². The minimum absolute atomic E-state index is 0.0589. The van der Waals surface area contributed by atoms with Crippen molar-refractivity contribution in [3.63, 3.8) is 0 Å². The number of anilines is 1. The van der Waals surface area contributed by atoms with E-state index >= 15 is 0 Å². The second kappa shape index (κ2) is 7.41. The van der Waals surface area contributed by atoms with E-state index in [1.807, 2.05) is 0 Å². The number of carboxylic acid groups (broad SMARTS) is 1. The molecule has 7 nitrogen and oxygen atoms in total. The first-order valence-electron chi connectivity index (χ1n) is 6.88. The number of carbonyl (C=O) groups is 2. The Bertz CT molecular complexity index is 714. The predicted molar refractivity (Wildman–Crippen MR) is 81.4 cm³/mol. The Labute approximate surface area is 131 Å². The first-order valence-corrected chi connectivity index (χ1v) is 6.88. The van der Waals surface area contributed by atoms with Gasteiger partial charge in [-0.15, -0.1) is 0 Å². The van der Waals surface area contributed by atoms with Gasteiger partial charge in [-0.1, -0.05) is 6.07 Å². The Morgan fingerprint density at radius 1 is 1.26 bits per heavy atom. The summed E-state index contributed by atoms with van der Waals surface area (Å²) in [5, 5.41) is 22.8. The fourth-order valence-corrected chi connectivity index (χ4v) is 1.96. The number of rotatable bonds is 6. The van der Waals surface area contributed by atoms with Crippen molar-refractivity contribution in [3.8, 4) is 5.69 Å². The van der Waals surface area contributed by atoms with Crippen molar-refractivity contribution in [2.45, 2.75) is 6.42 Å². The zero-order valence-corrected chi connectivity index (χ0v) is 12.1. The van der Waals surface area contributed by atoms with E-state index in [4.69, 9.17) is 5.11 Å². The summed E-state index contributed by atoms with van der Waals surface area (Å²) >= 11 is 0. The Balaban J connectivity index is 2.22.